The Morgan fingerprint density at radius 1 is 1.50 bits per heavy atom. The highest BCUT2D eigenvalue weighted by Crippen LogP contribution is 2.37. The first-order valence-corrected chi connectivity index (χ1v) is 4.24. The van der Waals surface area contributed by atoms with Gasteiger partial charge in [0, 0.05) is 6.20 Å². The summed E-state index contributed by atoms with van der Waals surface area (Å²) in [5.41, 5.74) is 6.06. The molecule has 6 heteroatoms. The standard InChI is InChI=1S/C8H11F2N3.ClH/c9-7(10)13-5-2-6(12-13)8(11)3-1-4-8;/h2,5,7H,1,3-4,11H2;1H. The topological polar surface area (TPSA) is 43.8 Å². The maximum absolute atomic E-state index is 12.2. The van der Waals surface area contributed by atoms with Crippen LogP contribution in [0.3, 0.4) is 0 Å². The summed E-state index contributed by atoms with van der Waals surface area (Å²) < 4.78 is 24.9. The first kappa shape index (κ1) is 11.4. The second-order valence-electron chi connectivity index (χ2n) is 3.47. The van der Waals surface area contributed by atoms with Crippen LogP contribution in [0, 0.1) is 0 Å². The third-order valence-corrected chi connectivity index (χ3v) is 2.56. The van der Waals surface area contributed by atoms with Gasteiger partial charge in [-0.15, -0.1) is 12.4 Å². The fourth-order valence-corrected chi connectivity index (χ4v) is 1.53. The summed E-state index contributed by atoms with van der Waals surface area (Å²) in [6.45, 7) is -2.57. The first-order valence-electron chi connectivity index (χ1n) is 4.24. The Morgan fingerprint density at radius 3 is 2.50 bits per heavy atom. The minimum atomic E-state index is -2.57. The van der Waals surface area contributed by atoms with Gasteiger partial charge in [0.05, 0.1) is 11.2 Å². The zero-order valence-electron chi connectivity index (χ0n) is 7.49. The van der Waals surface area contributed by atoms with Crippen molar-refractivity contribution in [2.75, 3.05) is 0 Å². The molecule has 0 saturated heterocycles. The monoisotopic (exact) mass is 223 g/mol. The second-order valence-corrected chi connectivity index (χ2v) is 3.47. The van der Waals surface area contributed by atoms with Gasteiger partial charge in [0.1, 0.15) is 0 Å². The number of rotatable bonds is 2. The lowest BCUT2D eigenvalue weighted by Gasteiger charge is -2.36. The van der Waals surface area contributed by atoms with E-state index >= 15 is 0 Å². The largest absolute Gasteiger partial charge is 0.333 e. The summed E-state index contributed by atoms with van der Waals surface area (Å²) in [4.78, 5) is 0. The molecule has 1 saturated carbocycles. The van der Waals surface area contributed by atoms with Gasteiger partial charge < -0.3 is 5.73 Å². The Morgan fingerprint density at radius 2 is 2.14 bits per heavy atom. The van der Waals surface area contributed by atoms with Crippen LogP contribution >= 0.6 is 12.4 Å². The van der Waals surface area contributed by atoms with Gasteiger partial charge >= 0.3 is 6.55 Å². The quantitative estimate of drug-likeness (QED) is 0.834. The predicted molar refractivity (Wildman–Crippen MR) is 50.4 cm³/mol. The number of hydrogen-bond acceptors (Lipinski definition) is 2. The van der Waals surface area contributed by atoms with E-state index in [2.05, 4.69) is 5.10 Å². The summed E-state index contributed by atoms with van der Waals surface area (Å²) in [5, 5.41) is 3.75. The molecule has 1 aliphatic rings. The van der Waals surface area contributed by atoms with Crippen LogP contribution in [0.15, 0.2) is 12.3 Å². The summed E-state index contributed by atoms with van der Waals surface area (Å²) >= 11 is 0. The Bertz CT molecular complexity index is 309. The van der Waals surface area contributed by atoms with E-state index in [0.29, 0.717) is 10.4 Å². The maximum atomic E-state index is 12.2. The molecule has 0 aliphatic heterocycles. The molecule has 14 heavy (non-hydrogen) atoms. The minimum absolute atomic E-state index is 0. The molecule has 2 rings (SSSR count). The van der Waals surface area contributed by atoms with E-state index in [1.807, 2.05) is 0 Å². The van der Waals surface area contributed by atoms with Crippen LogP contribution in [0.5, 0.6) is 0 Å². The number of halogens is 3. The van der Waals surface area contributed by atoms with Crippen molar-refractivity contribution >= 4 is 12.4 Å². The molecule has 0 radical (unpaired) electrons. The molecule has 1 aromatic rings. The van der Waals surface area contributed by atoms with Gasteiger partial charge in [-0.25, -0.2) is 4.68 Å². The molecule has 0 atom stereocenters. The molecule has 0 spiro atoms. The van der Waals surface area contributed by atoms with Gasteiger partial charge in [-0.2, -0.15) is 13.9 Å². The molecule has 0 bridgehead atoms. The number of hydrogen-bond donors (Lipinski definition) is 1. The summed E-state index contributed by atoms with van der Waals surface area (Å²) in [6.07, 6.45) is 4.01. The van der Waals surface area contributed by atoms with Crippen LogP contribution < -0.4 is 5.73 Å². The number of aromatic nitrogens is 2. The smallest absolute Gasteiger partial charge is 0.320 e. The van der Waals surface area contributed by atoms with Gasteiger partial charge in [0.25, 0.3) is 0 Å². The van der Waals surface area contributed by atoms with E-state index in [9.17, 15) is 8.78 Å². The van der Waals surface area contributed by atoms with Gasteiger partial charge in [0.2, 0.25) is 0 Å². The average molecular weight is 224 g/mol. The molecule has 1 aromatic heterocycles. The Labute approximate surface area is 86.7 Å². The molecule has 2 N–H and O–H groups in total. The molecule has 1 fully saturated rings. The average Bonchev–Trinajstić information content (AvgIpc) is 2.48. The fraction of sp³-hybridized carbons (Fsp3) is 0.625. The highest BCUT2D eigenvalue weighted by molar-refractivity contribution is 5.85. The van der Waals surface area contributed by atoms with Crippen molar-refractivity contribution < 1.29 is 8.78 Å². The zero-order chi connectivity index (χ0) is 9.47. The Hall–Kier alpha value is -0.680. The first-order chi connectivity index (χ1) is 6.12. The van der Waals surface area contributed by atoms with Crippen molar-refractivity contribution in [2.24, 2.45) is 5.73 Å². The molecule has 0 aromatic carbocycles. The molecule has 80 valence electrons. The molecular weight excluding hydrogens is 212 g/mol. The maximum Gasteiger partial charge on any atom is 0.333 e. The van der Waals surface area contributed by atoms with Gasteiger partial charge in [-0.05, 0) is 25.3 Å². The molecular formula is C8H12ClF2N3. The van der Waals surface area contributed by atoms with Crippen LogP contribution in [0.4, 0.5) is 8.78 Å². The van der Waals surface area contributed by atoms with Crippen LogP contribution in [-0.4, -0.2) is 9.78 Å². The molecule has 0 unspecified atom stereocenters. The van der Waals surface area contributed by atoms with Crippen LogP contribution in [0.25, 0.3) is 0 Å². The third kappa shape index (κ3) is 1.74. The minimum Gasteiger partial charge on any atom is -0.320 e. The second kappa shape index (κ2) is 3.82. The van der Waals surface area contributed by atoms with Gasteiger partial charge in [-0.1, -0.05) is 0 Å². The third-order valence-electron chi connectivity index (χ3n) is 2.56. The summed E-state index contributed by atoms with van der Waals surface area (Å²) in [5.74, 6) is 0. The highest BCUT2D eigenvalue weighted by atomic mass is 35.5. The SMILES string of the molecule is Cl.NC1(c2ccn(C(F)F)n2)CCC1. The normalized spacial score (nSPS) is 18.9. The van der Waals surface area contributed by atoms with Crippen molar-refractivity contribution in [2.45, 2.75) is 31.4 Å². The lowest BCUT2D eigenvalue weighted by molar-refractivity contribution is 0.0549. The predicted octanol–water partition coefficient (Wildman–Crippen LogP) is 2.04. The van der Waals surface area contributed by atoms with E-state index in [1.165, 1.54) is 6.20 Å². The number of alkyl halides is 2. The van der Waals surface area contributed by atoms with Crippen molar-refractivity contribution in [3.05, 3.63) is 18.0 Å². The van der Waals surface area contributed by atoms with E-state index in [-0.39, 0.29) is 12.4 Å². The van der Waals surface area contributed by atoms with Crippen LogP contribution in [0.1, 0.15) is 31.5 Å². The number of nitrogens with two attached hydrogens (primary N) is 1. The van der Waals surface area contributed by atoms with Crippen LogP contribution in [-0.2, 0) is 5.54 Å². The molecule has 1 heterocycles. The molecule has 3 nitrogen and oxygen atoms in total. The van der Waals surface area contributed by atoms with E-state index < -0.39 is 12.1 Å². The van der Waals surface area contributed by atoms with Crippen LogP contribution in [0.2, 0.25) is 0 Å². The van der Waals surface area contributed by atoms with Crippen molar-refractivity contribution in [1.29, 1.82) is 0 Å². The van der Waals surface area contributed by atoms with E-state index in [4.69, 9.17) is 5.73 Å². The lowest BCUT2D eigenvalue weighted by atomic mass is 9.75. The van der Waals surface area contributed by atoms with E-state index in [0.717, 1.165) is 19.3 Å². The van der Waals surface area contributed by atoms with Gasteiger partial charge in [-0.3, -0.25) is 0 Å². The van der Waals surface area contributed by atoms with Gasteiger partial charge in [0.15, 0.2) is 0 Å². The Kier molecular flexibility index (Phi) is 3.11. The fourth-order valence-electron chi connectivity index (χ4n) is 1.53. The van der Waals surface area contributed by atoms with E-state index in [1.54, 1.807) is 6.07 Å². The zero-order valence-corrected chi connectivity index (χ0v) is 8.31. The summed E-state index contributed by atoms with van der Waals surface area (Å²) in [6, 6.07) is 1.57. The van der Waals surface area contributed by atoms with Crippen molar-refractivity contribution in [1.82, 2.24) is 9.78 Å². The highest BCUT2D eigenvalue weighted by Gasteiger charge is 2.36. The molecule has 0 amide bonds. The number of nitrogens with zero attached hydrogens (tertiary/aromatic N) is 2. The molecule has 1 aliphatic carbocycles. The van der Waals surface area contributed by atoms with Crippen molar-refractivity contribution in [3.63, 3.8) is 0 Å². The summed E-state index contributed by atoms with van der Waals surface area (Å²) in [7, 11) is 0. The Balaban J connectivity index is 0.000000980. The lowest BCUT2D eigenvalue weighted by Crippen LogP contribution is -2.43. The van der Waals surface area contributed by atoms with Crippen molar-refractivity contribution in [3.8, 4) is 0 Å².